The van der Waals surface area contributed by atoms with Crippen molar-refractivity contribution in [2.45, 2.75) is 173 Å². The van der Waals surface area contributed by atoms with E-state index in [-0.39, 0.29) is 123 Å². The van der Waals surface area contributed by atoms with E-state index in [9.17, 15) is 38.7 Å². The van der Waals surface area contributed by atoms with Crippen LogP contribution in [0.3, 0.4) is 0 Å². The number of fused-ring (bicyclic) bond motifs is 2. The van der Waals surface area contributed by atoms with Crippen molar-refractivity contribution in [3.63, 3.8) is 0 Å². The van der Waals surface area contributed by atoms with Gasteiger partial charge in [0.25, 0.3) is 0 Å². The molecule has 5 aliphatic rings. The number of likely N-dealkylation sites (tertiary alicyclic amines) is 2. The first kappa shape index (κ1) is 60.1. The van der Waals surface area contributed by atoms with Crippen LogP contribution in [0.4, 0.5) is 0 Å². The number of hydrogen-bond donors (Lipinski definition) is 7. The normalized spacial score (nSPS) is 24.2. The van der Waals surface area contributed by atoms with Crippen LogP contribution < -0.4 is 31.9 Å². The average Bonchev–Trinajstić information content (AvgIpc) is 4.15. The smallest absolute Gasteiger partial charge is 0.246 e. The molecule has 3 fully saturated rings. The van der Waals surface area contributed by atoms with E-state index in [2.05, 4.69) is 44.0 Å². The molecule has 0 radical (unpaired) electrons. The number of carbonyl (C=O) groups is 7. The summed E-state index contributed by atoms with van der Waals surface area (Å²) in [6.07, 6.45) is 3.91. The number of rotatable bonds is 23. The summed E-state index contributed by atoms with van der Waals surface area (Å²) in [6, 6.07) is 11.7. The zero-order valence-corrected chi connectivity index (χ0v) is 47.3. The molecular formula is C58H88N10O10. The molecule has 430 valence electrons. The lowest BCUT2D eigenvalue weighted by atomic mass is 9.87. The van der Waals surface area contributed by atoms with E-state index < -0.39 is 48.6 Å². The Morgan fingerprint density at radius 3 is 1.47 bits per heavy atom. The zero-order valence-electron chi connectivity index (χ0n) is 47.3. The van der Waals surface area contributed by atoms with Crippen molar-refractivity contribution in [2.75, 3.05) is 66.6 Å². The quantitative estimate of drug-likeness (QED) is 0.0791. The summed E-state index contributed by atoms with van der Waals surface area (Å²) >= 11 is 0. The van der Waals surface area contributed by atoms with Crippen LogP contribution >= 0.6 is 0 Å². The standard InChI is InChI=1S/C58H88N10O10/c1-35(2)51(63-53(71)37(5)59-7)57(75)67-33-41(31-47(67)55(73)61-45-21-13-17-39-15-9-11-19-43(39)45)77-29-23-49(69)65-25-27-66(28-26-65)50(70)24-30-78-42-32-48(56(74)62-46-22-14-18-40-16-10-12-20-44(40)46)68(34-42)58(76)52(36(3)4)64-54(72)38(6)60-8/h9-12,15-16,19-20,35-38,41-42,45-48,51-53,59-60,63,71H,13-14,17-18,21-34H2,1-8H3,(H,61,73)(H,62,74)(H,64,72)/t37-,38-,41-,42-,45+,46+,47-,48-,51-,52-,53?/m0/s1. The largest absolute Gasteiger partial charge is 0.377 e. The van der Waals surface area contributed by atoms with Crippen molar-refractivity contribution < 1.29 is 48.1 Å². The van der Waals surface area contributed by atoms with Gasteiger partial charge in [-0.05, 0) is 101 Å². The maximum atomic E-state index is 14.4. The highest BCUT2D eigenvalue weighted by Crippen LogP contribution is 2.33. The molecule has 0 spiro atoms. The third-order valence-corrected chi connectivity index (χ3v) is 16.7. The van der Waals surface area contributed by atoms with Gasteiger partial charge in [0.05, 0.1) is 62.4 Å². The van der Waals surface area contributed by atoms with Gasteiger partial charge in [0.2, 0.25) is 41.4 Å². The Balaban J connectivity index is 0.898. The fourth-order valence-electron chi connectivity index (χ4n) is 11.6. The molecule has 2 aromatic carbocycles. The Morgan fingerprint density at radius 1 is 0.615 bits per heavy atom. The van der Waals surface area contributed by atoms with Gasteiger partial charge in [-0.2, -0.15) is 0 Å². The van der Waals surface area contributed by atoms with E-state index in [4.69, 9.17) is 9.47 Å². The highest BCUT2D eigenvalue weighted by Gasteiger charge is 2.46. The van der Waals surface area contributed by atoms with Crippen LogP contribution in [0.15, 0.2) is 48.5 Å². The molecule has 7 N–H and O–H groups in total. The van der Waals surface area contributed by atoms with E-state index in [1.165, 1.54) is 16.0 Å². The molecule has 7 rings (SSSR count). The zero-order chi connectivity index (χ0) is 56.2. The molecule has 2 aliphatic carbocycles. The predicted molar refractivity (Wildman–Crippen MR) is 294 cm³/mol. The van der Waals surface area contributed by atoms with Crippen molar-refractivity contribution >= 4 is 41.4 Å². The van der Waals surface area contributed by atoms with Gasteiger partial charge < -0.3 is 60.8 Å². The molecule has 0 aromatic heterocycles. The first-order valence-corrected chi connectivity index (χ1v) is 28.6. The molecular weight excluding hydrogens is 997 g/mol. The molecule has 78 heavy (non-hydrogen) atoms. The summed E-state index contributed by atoms with van der Waals surface area (Å²) in [4.78, 5) is 104. The number of aliphatic hydroxyl groups is 1. The molecule has 0 bridgehead atoms. The van der Waals surface area contributed by atoms with Gasteiger partial charge in [0.1, 0.15) is 24.4 Å². The minimum atomic E-state index is -1.01. The number of piperazine rings is 1. The summed E-state index contributed by atoms with van der Waals surface area (Å²) in [5.41, 5.74) is 4.57. The first-order valence-electron chi connectivity index (χ1n) is 28.6. The Bertz CT molecular complexity index is 2400. The number of carbonyl (C=O) groups excluding carboxylic acids is 7. The number of nitrogens with zero attached hydrogens (tertiary/aromatic N) is 4. The molecule has 3 heterocycles. The Hall–Kier alpha value is -5.51. The maximum Gasteiger partial charge on any atom is 0.246 e. The highest BCUT2D eigenvalue weighted by atomic mass is 16.5. The van der Waals surface area contributed by atoms with Crippen LogP contribution in [0.5, 0.6) is 0 Å². The van der Waals surface area contributed by atoms with Gasteiger partial charge in [-0.15, -0.1) is 0 Å². The Labute approximate surface area is 461 Å². The molecule has 3 saturated heterocycles. The van der Waals surface area contributed by atoms with Crippen molar-refractivity contribution in [1.82, 2.24) is 51.5 Å². The van der Waals surface area contributed by atoms with Crippen molar-refractivity contribution in [3.05, 3.63) is 70.8 Å². The van der Waals surface area contributed by atoms with Crippen molar-refractivity contribution in [1.29, 1.82) is 0 Å². The van der Waals surface area contributed by atoms with E-state index >= 15 is 0 Å². The third kappa shape index (κ3) is 15.0. The van der Waals surface area contributed by atoms with Crippen LogP contribution in [0, 0.1) is 11.8 Å². The monoisotopic (exact) mass is 1080 g/mol. The molecule has 20 nitrogen and oxygen atoms in total. The SMILES string of the molecule is CN[C@@H](C)C(=O)N[C@H](C(=O)N1C[C@@H](OCCC(=O)N2CCN(C(=O)CCO[C@H]3C[C@@H](C(=O)N[C@@H]4CCCc5ccccc54)N(C(=O)[C@@H](NC(O)[C@H](C)NC)C(C)C)C3)CC2)C[C@H]1C(=O)N[C@@H]1CCCc2ccccc21)C(C)C. The predicted octanol–water partition coefficient (Wildman–Crippen LogP) is 2.09. The lowest BCUT2D eigenvalue weighted by Crippen LogP contribution is -2.58. The van der Waals surface area contributed by atoms with E-state index in [1.54, 1.807) is 35.7 Å². The minimum absolute atomic E-state index is 0.0732. The number of aryl methyl sites for hydroxylation is 2. The number of amides is 7. The second-order valence-corrected chi connectivity index (χ2v) is 22.7. The van der Waals surface area contributed by atoms with Gasteiger partial charge in [-0.1, -0.05) is 76.2 Å². The molecule has 0 saturated carbocycles. The topological polar surface area (TPSA) is 243 Å². The van der Waals surface area contributed by atoms with E-state index in [0.29, 0.717) is 26.2 Å². The van der Waals surface area contributed by atoms with Crippen LogP contribution in [0.1, 0.15) is 127 Å². The average molecular weight is 1090 g/mol. The maximum absolute atomic E-state index is 14.4. The van der Waals surface area contributed by atoms with Gasteiger partial charge in [0.15, 0.2) is 0 Å². The fraction of sp³-hybridized carbons (Fsp3) is 0.672. The number of aliphatic hydroxyl groups excluding tert-OH is 1. The molecule has 2 aromatic rings. The van der Waals surface area contributed by atoms with Crippen molar-refractivity contribution in [3.8, 4) is 0 Å². The molecule has 3 aliphatic heterocycles. The molecule has 11 atom stereocenters. The van der Waals surface area contributed by atoms with Crippen LogP contribution in [0.2, 0.25) is 0 Å². The molecule has 7 amide bonds. The summed E-state index contributed by atoms with van der Waals surface area (Å²) in [7, 11) is 3.40. The summed E-state index contributed by atoms with van der Waals surface area (Å²) in [5.74, 6) is -2.24. The fourth-order valence-corrected chi connectivity index (χ4v) is 11.6. The number of benzene rings is 2. The molecule has 20 heteroatoms. The number of ether oxygens (including phenoxy) is 2. The number of nitrogens with one attached hydrogen (secondary N) is 6. The summed E-state index contributed by atoms with van der Waals surface area (Å²) < 4.78 is 12.6. The van der Waals surface area contributed by atoms with Gasteiger partial charge >= 0.3 is 0 Å². The lowest BCUT2D eigenvalue weighted by molar-refractivity contribution is -0.143. The molecule has 1 unspecified atom stereocenters. The number of likely N-dealkylation sites (N-methyl/N-ethyl adjacent to an activating group) is 2. The van der Waals surface area contributed by atoms with Crippen LogP contribution in [-0.4, -0.2) is 187 Å². The Kier molecular flexibility index (Phi) is 21.6. The highest BCUT2D eigenvalue weighted by molar-refractivity contribution is 5.94. The van der Waals surface area contributed by atoms with Gasteiger partial charge in [0, 0.05) is 58.2 Å². The second kappa shape index (κ2) is 28.1. The Morgan fingerprint density at radius 2 is 1.05 bits per heavy atom. The summed E-state index contributed by atoms with van der Waals surface area (Å²) in [6.45, 7) is 12.8. The van der Waals surface area contributed by atoms with Crippen LogP contribution in [0.25, 0.3) is 0 Å². The van der Waals surface area contributed by atoms with E-state index in [1.807, 2.05) is 71.0 Å². The first-order chi connectivity index (χ1) is 37.4. The third-order valence-electron chi connectivity index (χ3n) is 16.7. The lowest BCUT2D eigenvalue weighted by Gasteiger charge is -2.35. The van der Waals surface area contributed by atoms with Crippen LogP contribution in [-0.2, 0) is 55.9 Å². The van der Waals surface area contributed by atoms with E-state index in [0.717, 1.165) is 49.7 Å². The van der Waals surface area contributed by atoms with Gasteiger partial charge in [-0.3, -0.25) is 38.9 Å². The van der Waals surface area contributed by atoms with Gasteiger partial charge in [-0.25, -0.2) is 0 Å². The number of hydrogen-bond acceptors (Lipinski definition) is 13. The minimum Gasteiger partial charge on any atom is -0.377 e. The second-order valence-electron chi connectivity index (χ2n) is 22.7. The summed E-state index contributed by atoms with van der Waals surface area (Å²) in [5, 5.41) is 29.3. The van der Waals surface area contributed by atoms with Crippen molar-refractivity contribution in [2.24, 2.45) is 11.8 Å².